The number of nitrogens with zero attached hydrogens (tertiary/aromatic N) is 1. The lowest BCUT2D eigenvalue weighted by molar-refractivity contribution is -0.00995. The fourth-order valence-corrected chi connectivity index (χ4v) is 4.00. The lowest BCUT2D eigenvalue weighted by Crippen LogP contribution is -2.50. The number of thiazole rings is 1. The van der Waals surface area contributed by atoms with Crippen LogP contribution >= 0.6 is 11.3 Å². The van der Waals surface area contributed by atoms with E-state index in [1.165, 1.54) is 0 Å². The van der Waals surface area contributed by atoms with Crippen molar-refractivity contribution in [3.05, 3.63) is 74.2 Å². The fraction of sp³-hybridized carbons (Fsp3) is 0.238. The van der Waals surface area contributed by atoms with E-state index in [0.29, 0.717) is 34.9 Å². The lowest BCUT2D eigenvalue weighted by Gasteiger charge is -2.35. The molecule has 0 bridgehead atoms. The van der Waals surface area contributed by atoms with Crippen molar-refractivity contribution < 1.29 is 19.4 Å². The van der Waals surface area contributed by atoms with E-state index >= 15 is 0 Å². The number of benzene rings is 2. The molecular weight excluding hydrogens is 392 g/mol. The Balaban J connectivity index is 1.41. The largest absolute Gasteiger partial charge is 0.494 e. The molecule has 1 amide bonds. The first-order valence-corrected chi connectivity index (χ1v) is 10.1. The van der Waals surface area contributed by atoms with Crippen molar-refractivity contribution in [1.29, 1.82) is 0 Å². The molecule has 1 unspecified atom stereocenters. The van der Waals surface area contributed by atoms with E-state index < -0.39 is 6.23 Å². The standard InChI is InChI=1S/C21H20N2O5S/c1-2-23-18(28-16-6-4-3-5-15(16)20(23)25)12-27-14-9-7-13(8-10-14)11-17-19(24)22-21(26)29-17/h3-10,18,24H,2,11-12H2,1H3,(H,22,26). The van der Waals surface area contributed by atoms with Crippen LogP contribution in [-0.4, -0.2) is 40.3 Å². The van der Waals surface area contributed by atoms with E-state index in [2.05, 4.69) is 4.98 Å². The second-order valence-corrected chi connectivity index (χ2v) is 7.65. The van der Waals surface area contributed by atoms with Crippen molar-refractivity contribution in [3.63, 3.8) is 0 Å². The van der Waals surface area contributed by atoms with E-state index in [4.69, 9.17) is 9.47 Å². The van der Waals surface area contributed by atoms with Crippen LogP contribution in [0, 0.1) is 0 Å². The minimum absolute atomic E-state index is 0.0661. The van der Waals surface area contributed by atoms with Gasteiger partial charge in [0.2, 0.25) is 12.1 Å². The highest BCUT2D eigenvalue weighted by Crippen LogP contribution is 2.28. The zero-order valence-corrected chi connectivity index (χ0v) is 16.6. The summed E-state index contributed by atoms with van der Waals surface area (Å²) in [5.74, 6) is 1.06. The molecule has 2 N–H and O–H groups in total. The monoisotopic (exact) mass is 412 g/mol. The Morgan fingerprint density at radius 3 is 2.62 bits per heavy atom. The zero-order chi connectivity index (χ0) is 20.4. The molecule has 2 aromatic carbocycles. The van der Waals surface area contributed by atoms with Crippen LogP contribution in [0.5, 0.6) is 17.4 Å². The maximum absolute atomic E-state index is 12.7. The van der Waals surface area contributed by atoms with Gasteiger partial charge < -0.3 is 19.5 Å². The molecule has 2 heterocycles. The summed E-state index contributed by atoms with van der Waals surface area (Å²) in [6.07, 6.45) is -0.0490. The zero-order valence-electron chi connectivity index (χ0n) is 15.8. The normalized spacial score (nSPS) is 15.7. The Morgan fingerprint density at radius 1 is 1.17 bits per heavy atom. The lowest BCUT2D eigenvalue weighted by atomic mass is 10.1. The SMILES string of the molecule is CCN1C(=O)c2ccccc2OC1COc1ccc(Cc2sc(=O)[nH]c2O)cc1. The smallest absolute Gasteiger partial charge is 0.307 e. The third-order valence-electron chi connectivity index (χ3n) is 4.71. The van der Waals surface area contributed by atoms with Crippen LogP contribution < -0.4 is 14.3 Å². The highest BCUT2D eigenvalue weighted by molar-refractivity contribution is 7.09. The van der Waals surface area contributed by atoms with Gasteiger partial charge in [0.15, 0.2) is 0 Å². The number of likely N-dealkylation sites (N-methyl/N-ethyl adjacent to an activating group) is 1. The van der Waals surface area contributed by atoms with Gasteiger partial charge in [-0.3, -0.25) is 14.6 Å². The maximum atomic E-state index is 12.7. The van der Waals surface area contributed by atoms with Gasteiger partial charge >= 0.3 is 4.87 Å². The number of nitrogens with one attached hydrogen (secondary N) is 1. The molecule has 1 atom stereocenters. The first-order valence-electron chi connectivity index (χ1n) is 9.24. The van der Waals surface area contributed by atoms with Crippen molar-refractivity contribution in [3.8, 4) is 17.4 Å². The molecule has 29 heavy (non-hydrogen) atoms. The molecule has 3 aromatic rings. The quantitative estimate of drug-likeness (QED) is 0.649. The van der Waals surface area contributed by atoms with Gasteiger partial charge in [-0.2, -0.15) is 0 Å². The number of aromatic amines is 1. The molecular formula is C21H20N2O5S. The van der Waals surface area contributed by atoms with Gasteiger partial charge in [-0.05, 0) is 36.8 Å². The van der Waals surface area contributed by atoms with Crippen molar-refractivity contribution in [2.75, 3.05) is 13.2 Å². The summed E-state index contributed by atoms with van der Waals surface area (Å²) < 4.78 is 11.8. The molecule has 8 heteroatoms. The third kappa shape index (κ3) is 3.97. The number of ether oxygens (including phenoxy) is 2. The fourth-order valence-electron chi connectivity index (χ4n) is 3.24. The Hall–Kier alpha value is -3.26. The van der Waals surface area contributed by atoms with Gasteiger partial charge in [0.25, 0.3) is 5.91 Å². The summed E-state index contributed by atoms with van der Waals surface area (Å²) in [6.45, 7) is 2.62. The number of carbonyl (C=O) groups excluding carboxylic acids is 1. The number of hydrogen-bond acceptors (Lipinski definition) is 6. The van der Waals surface area contributed by atoms with Crippen LogP contribution in [0.15, 0.2) is 53.3 Å². The van der Waals surface area contributed by atoms with Crippen molar-refractivity contribution in [2.24, 2.45) is 0 Å². The van der Waals surface area contributed by atoms with Crippen LogP contribution in [0.4, 0.5) is 0 Å². The Morgan fingerprint density at radius 2 is 1.93 bits per heavy atom. The predicted molar refractivity (Wildman–Crippen MR) is 109 cm³/mol. The van der Waals surface area contributed by atoms with Crippen molar-refractivity contribution in [1.82, 2.24) is 9.88 Å². The molecule has 0 fully saturated rings. The minimum atomic E-state index is -0.504. The summed E-state index contributed by atoms with van der Waals surface area (Å²) in [7, 11) is 0. The molecule has 7 nitrogen and oxygen atoms in total. The number of carbonyl (C=O) groups is 1. The molecule has 1 aromatic heterocycles. The number of H-pyrrole nitrogens is 1. The highest BCUT2D eigenvalue weighted by atomic mass is 32.1. The topological polar surface area (TPSA) is 91.9 Å². The van der Waals surface area contributed by atoms with Crippen molar-refractivity contribution in [2.45, 2.75) is 19.6 Å². The van der Waals surface area contributed by atoms with Gasteiger partial charge in [-0.1, -0.05) is 35.6 Å². The maximum Gasteiger partial charge on any atom is 0.307 e. The summed E-state index contributed by atoms with van der Waals surface area (Å²) in [5, 5.41) is 9.70. The van der Waals surface area contributed by atoms with E-state index in [0.717, 1.165) is 16.9 Å². The van der Waals surface area contributed by atoms with E-state index in [-0.39, 0.29) is 23.3 Å². The number of amides is 1. The Kier molecular flexibility index (Phi) is 5.26. The number of para-hydroxylation sites is 1. The van der Waals surface area contributed by atoms with Crippen LogP contribution in [0.25, 0.3) is 0 Å². The average molecular weight is 412 g/mol. The highest BCUT2D eigenvalue weighted by Gasteiger charge is 2.32. The molecule has 150 valence electrons. The second kappa shape index (κ2) is 8.00. The van der Waals surface area contributed by atoms with Crippen LogP contribution in [0.3, 0.4) is 0 Å². The van der Waals surface area contributed by atoms with Crippen LogP contribution in [0.2, 0.25) is 0 Å². The van der Waals surface area contributed by atoms with Gasteiger partial charge in [-0.25, -0.2) is 0 Å². The molecule has 0 spiro atoms. The summed E-state index contributed by atoms with van der Waals surface area (Å²) in [4.78, 5) is 28.3. The van der Waals surface area contributed by atoms with E-state index in [9.17, 15) is 14.7 Å². The molecule has 0 aliphatic carbocycles. The van der Waals surface area contributed by atoms with Gasteiger partial charge in [0.05, 0.1) is 10.4 Å². The number of aromatic nitrogens is 1. The van der Waals surface area contributed by atoms with Crippen LogP contribution in [0.1, 0.15) is 27.7 Å². The first-order chi connectivity index (χ1) is 14.0. The predicted octanol–water partition coefficient (Wildman–Crippen LogP) is 2.99. The van der Waals surface area contributed by atoms with Gasteiger partial charge in [0.1, 0.15) is 18.1 Å². The average Bonchev–Trinajstić information content (AvgIpc) is 3.04. The minimum Gasteiger partial charge on any atom is -0.494 e. The molecule has 1 aliphatic heterocycles. The summed E-state index contributed by atoms with van der Waals surface area (Å²) >= 11 is 0.993. The Bertz CT molecular complexity index is 1070. The molecule has 4 rings (SSSR count). The molecule has 1 aliphatic rings. The molecule has 0 saturated carbocycles. The number of rotatable bonds is 6. The van der Waals surface area contributed by atoms with Gasteiger partial charge in [0, 0.05) is 13.0 Å². The summed E-state index contributed by atoms with van der Waals surface area (Å²) in [6, 6.07) is 14.6. The van der Waals surface area contributed by atoms with E-state index in [1.54, 1.807) is 17.0 Å². The third-order valence-corrected chi connectivity index (χ3v) is 5.58. The van der Waals surface area contributed by atoms with E-state index in [1.807, 2.05) is 43.3 Å². The first kappa shape index (κ1) is 19.1. The second-order valence-electron chi connectivity index (χ2n) is 6.58. The van der Waals surface area contributed by atoms with Crippen molar-refractivity contribution >= 4 is 17.2 Å². The van der Waals surface area contributed by atoms with Gasteiger partial charge in [-0.15, -0.1) is 0 Å². The Labute approximate surface area is 171 Å². The molecule has 0 saturated heterocycles. The molecule has 0 radical (unpaired) electrons. The van der Waals surface area contributed by atoms with Crippen LogP contribution in [-0.2, 0) is 6.42 Å². The number of fused-ring (bicyclic) bond motifs is 1. The summed E-state index contributed by atoms with van der Waals surface area (Å²) in [5.41, 5.74) is 1.50. The number of aromatic hydroxyl groups is 1. The number of hydrogen-bond donors (Lipinski definition) is 2.